The number of para-hydroxylation sites is 1. The molecule has 0 atom stereocenters. The third kappa shape index (κ3) is 3.36. The molecule has 24 heavy (non-hydrogen) atoms. The Hall–Kier alpha value is -2.53. The zero-order valence-electron chi connectivity index (χ0n) is 13.2. The maximum atomic E-state index is 12.7. The van der Waals surface area contributed by atoms with Gasteiger partial charge in [0.15, 0.2) is 5.75 Å². The molecule has 1 amide bonds. The number of carbonyl (C=O) groups excluding carboxylic acids is 2. The van der Waals surface area contributed by atoms with Crippen molar-refractivity contribution < 1.29 is 14.3 Å². The molecule has 1 aliphatic heterocycles. The average Bonchev–Trinajstić information content (AvgIpc) is 2.57. The van der Waals surface area contributed by atoms with Gasteiger partial charge < -0.3 is 14.5 Å². The first-order valence-corrected chi connectivity index (χ1v) is 8.07. The summed E-state index contributed by atoms with van der Waals surface area (Å²) in [5.41, 5.74) is 1.48. The van der Waals surface area contributed by atoms with Gasteiger partial charge in [-0.3, -0.25) is 4.79 Å². The summed E-state index contributed by atoms with van der Waals surface area (Å²) in [6.45, 7) is 2.56. The van der Waals surface area contributed by atoms with Gasteiger partial charge in [0.05, 0.1) is 12.2 Å². The Morgan fingerprint density at radius 1 is 1.25 bits per heavy atom. The predicted molar refractivity (Wildman–Crippen MR) is 93.8 cm³/mol. The van der Waals surface area contributed by atoms with Crippen LogP contribution in [-0.2, 0) is 9.59 Å². The minimum Gasteiger partial charge on any atom is -0.423 e. The number of anilines is 2. The van der Waals surface area contributed by atoms with Crippen LogP contribution in [0.25, 0.3) is 0 Å². The summed E-state index contributed by atoms with van der Waals surface area (Å²) in [4.78, 5) is 27.9. The monoisotopic (exact) mass is 344 g/mol. The summed E-state index contributed by atoms with van der Waals surface area (Å²) in [7, 11) is 0. The van der Waals surface area contributed by atoms with Crippen molar-refractivity contribution in [1.29, 1.82) is 0 Å². The standard InChI is InChI=1S/C18H17ClN2O3/c1-2-21(14-6-4-3-5-7-14)17(22)11-20-12-18(23)24-16-9-8-13(19)10-15(16)20/h3-10H,2,11-12H2,1H3. The fourth-order valence-corrected chi connectivity index (χ4v) is 2.89. The lowest BCUT2D eigenvalue weighted by Gasteiger charge is -2.31. The van der Waals surface area contributed by atoms with Gasteiger partial charge in [-0.2, -0.15) is 0 Å². The molecule has 0 saturated carbocycles. The maximum Gasteiger partial charge on any atom is 0.331 e. The Labute approximate surface area is 145 Å². The Kier molecular flexibility index (Phi) is 4.71. The first kappa shape index (κ1) is 16.3. The van der Waals surface area contributed by atoms with Gasteiger partial charge in [0, 0.05) is 17.3 Å². The summed E-state index contributed by atoms with van der Waals surface area (Å²) < 4.78 is 5.21. The number of halogens is 1. The molecule has 2 aromatic rings. The van der Waals surface area contributed by atoms with Gasteiger partial charge in [0.25, 0.3) is 0 Å². The normalized spacial score (nSPS) is 13.2. The second kappa shape index (κ2) is 6.93. The van der Waals surface area contributed by atoms with Gasteiger partial charge in [0.2, 0.25) is 5.91 Å². The van der Waals surface area contributed by atoms with E-state index in [1.165, 1.54) is 0 Å². The lowest BCUT2D eigenvalue weighted by atomic mass is 10.2. The number of esters is 1. The van der Waals surface area contributed by atoms with Crippen molar-refractivity contribution in [2.24, 2.45) is 0 Å². The van der Waals surface area contributed by atoms with Gasteiger partial charge in [-0.15, -0.1) is 0 Å². The van der Waals surface area contributed by atoms with E-state index >= 15 is 0 Å². The summed E-state index contributed by atoms with van der Waals surface area (Å²) in [5, 5.41) is 0.527. The molecule has 0 unspecified atom stereocenters. The summed E-state index contributed by atoms with van der Waals surface area (Å²) in [5.74, 6) is -0.0593. The molecule has 1 aliphatic rings. The molecular weight excluding hydrogens is 328 g/mol. The molecule has 0 aromatic heterocycles. The molecule has 124 valence electrons. The van der Waals surface area contributed by atoms with Crippen LogP contribution in [0, 0.1) is 0 Å². The molecule has 6 heteroatoms. The first-order valence-electron chi connectivity index (χ1n) is 7.69. The number of amides is 1. The van der Waals surface area contributed by atoms with Crippen LogP contribution >= 0.6 is 11.6 Å². The second-order valence-electron chi connectivity index (χ2n) is 5.42. The highest BCUT2D eigenvalue weighted by molar-refractivity contribution is 6.31. The second-order valence-corrected chi connectivity index (χ2v) is 5.85. The van der Waals surface area contributed by atoms with E-state index in [1.54, 1.807) is 28.0 Å². The summed E-state index contributed by atoms with van der Waals surface area (Å²) in [6, 6.07) is 14.4. The predicted octanol–water partition coefficient (Wildman–Crippen LogP) is 3.12. The molecule has 0 fully saturated rings. The van der Waals surface area contributed by atoms with Crippen molar-refractivity contribution in [3.8, 4) is 5.75 Å². The zero-order valence-corrected chi connectivity index (χ0v) is 14.0. The van der Waals surface area contributed by atoms with Gasteiger partial charge >= 0.3 is 5.97 Å². The lowest BCUT2D eigenvalue weighted by Crippen LogP contribution is -2.45. The molecule has 0 bridgehead atoms. The van der Waals surface area contributed by atoms with Crippen LogP contribution in [0.3, 0.4) is 0 Å². The van der Waals surface area contributed by atoms with Crippen molar-refractivity contribution in [2.75, 3.05) is 29.4 Å². The molecule has 0 aliphatic carbocycles. The van der Waals surface area contributed by atoms with Gasteiger partial charge in [0.1, 0.15) is 6.54 Å². The Morgan fingerprint density at radius 3 is 2.71 bits per heavy atom. The number of rotatable bonds is 4. The number of nitrogens with zero attached hydrogens (tertiary/aromatic N) is 2. The minimum absolute atomic E-state index is 0.0193. The van der Waals surface area contributed by atoms with Crippen LogP contribution in [0.1, 0.15) is 6.92 Å². The zero-order chi connectivity index (χ0) is 17.1. The molecule has 0 radical (unpaired) electrons. The molecular formula is C18H17ClN2O3. The Bertz CT molecular complexity index is 764. The topological polar surface area (TPSA) is 49.9 Å². The van der Waals surface area contributed by atoms with Crippen LogP contribution in [0.4, 0.5) is 11.4 Å². The number of carbonyl (C=O) groups is 2. The lowest BCUT2D eigenvalue weighted by molar-refractivity contribution is -0.133. The first-order chi connectivity index (χ1) is 11.6. The molecule has 5 nitrogen and oxygen atoms in total. The summed E-state index contributed by atoms with van der Waals surface area (Å²) >= 11 is 6.04. The molecule has 0 spiro atoms. The van der Waals surface area contributed by atoms with Crippen molar-refractivity contribution >= 4 is 34.9 Å². The van der Waals surface area contributed by atoms with Gasteiger partial charge in [-0.05, 0) is 37.3 Å². The van der Waals surface area contributed by atoms with E-state index < -0.39 is 0 Å². The molecule has 0 N–H and O–H groups in total. The highest BCUT2D eigenvalue weighted by atomic mass is 35.5. The van der Waals surface area contributed by atoms with Crippen LogP contribution < -0.4 is 14.5 Å². The smallest absolute Gasteiger partial charge is 0.331 e. The Balaban J connectivity index is 1.84. The van der Waals surface area contributed by atoms with E-state index in [1.807, 2.05) is 37.3 Å². The summed E-state index contributed by atoms with van der Waals surface area (Å²) in [6.07, 6.45) is 0. The van der Waals surface area contributed by atoms with E-state index in [0.29, 0.717) is 23.0 Å². The van der Waals surface area contributed by atoms with E-state index in [2.05, 4.69) is 0 Å². The Morgan fingerprint density at radius 2 is 2.00 bits per heavy atom. The van der Waals surface area contributed by atoms with Gasteiger partial charge in [-0.25, -0.2) is 4.79 Å². The van der Waals surface area contributed by atoms with E-state index in [9.17, 15) is 9.59 Å². The van der Waals surface area contributed by atoms with Crippen molar-refractivity contribution in [3.63, 3.8) is 0 Å². The van der Waals surface area contributed by atoms with Gasteiger partial charge in [-0.1, -0.05) is 29.8 Å². The van der Waals surface area contributed by atoms with E-state index in [4.69, 9.17) is 16.3 Å². The SMILES string of the molecule is CCN(C(=O)CN1CC(=O)Oc2ccc(Cl)cc21)c1ccccc1. The number of ether oxygens (including phenoxy) is 1. The molecule has 1 heterocycles. The van der Waals surface area contributed by atoms with Crippen molar-refractivity contribution in [2.45, 2.75) is 6.92 Å². The number of hydrogen-bond donors (Lipinski definition) is 0. The number of fused-ring (bicyclic) bond motifs is 1. The van der Waals surface area contributed by atoms with E-state index in [0.717, 1.165) is 5.69 Å². The maximum absolute atomic E-state index is 12.7. The number of hydrogen-bond acceptors (Lipinski definition) is 4. The molecule has 2 aromatic carbocycles. The average molecular weight is 345 g/mol. The van der Waals surface area contributed by atoms with Crippen LogP contribution in [0.5, 0.6) is 5.75 Å². The highest BCUT2D eigenvalue weighted by Crippen LogP contribution is 2.34. The van der Waals surface area contributed by atoms with E-state index in [-0.39, 0.29) is 25.0 Å². The van der Waals surface area contributed by atoms with Crippen molar-refractivity contribution in [1.82, 2.24) is 0 Å². The van der Waals surface area contributed by atoms with Crippen LogP contribution in [-0.4, -0.2) is 31.5 Å². The highest BCUT2D eigenvalue weighted by Gasteiger charge is 2.27. The third-order valence-corrected chi connectivity index (χ3v) is 4.05. The van der Waals surface area contributed by atoms with Crippen LogP contribution in [0.2, 0.25) is 5.02 Å². The fourth-order valence-electron chi connectivity index (χ4n) is 2.72. The third-order valence-electron chi connectivity index (χ3n) is 3.82. The largest absolute Gasteiger partial charge is 0.423 e. The molecule has 0 saturated heterocycles. The minimum atomic E-state index is -0.389. The quantitative estimate of drug-likeness (QED) is 0.631. The van der Waals surface area contributed by atoms with Crippen LogP contribution in [0.15, 0.2) is 48.5 Å². The number of benzene rings is 2. The number of likely N-dealkylation sites (N-methyl/N-ethyl adjacent to an activating group) is 1. The van der Waals surface area contributed by atoms with Crippen molar-refractivity contribution in [3.05, 3.63) is 53.6 Å². The fraction of sp³-hybridized carbons (Fsp3) is 0.222. The molecule has 3 rings (SSSR count).